The van der Waals surface area contributed by atoms with E-state index in [1.165, 1.54) is 66.2 Å². The van der Waals surface area contributed by atoms with Crippen LogP contribution in [0.2, 0.25) is 0 Å². The van der Waals surface area contributed by atoms with Crippen LogP contribution in [0.25, 0.3) is 0 Å². The summed E-state index contributed by atoms with van der Waals surface area (Å²) in [6.45, 7) is 30.1. The zero-order chi connectivity index (χ0) is 53.6. The Morgan fingerprint density at radius 3 is 1.10 bits per heavy atom. The van der Waals surface area contributed by atoms with Gasteiger partial charge in [-0.05, 0) is 141 Å². The summed E-state index contributed by atoms with van der Waals surface area (Å²) < 4.78 is 47.7. The first-order chi connectivity index (χ1) is 34.3. The fourth-order valence-corrected chi connectivity index (χ4v) is 15.7. The van der Waals surface area contributed by atoms with Crippen molar-refractivity contribution in [2.75, 3.05) is 0 Å². The lowest BCUT2D eigenvalue weighted by Crippen LogP contribution is -2.56. The van der Waals surface area contributed by atoms with E-state index in [1.54, 1.807) is 0 Å². The summed E-state index contributed by atoms with van der Waals surface area (Å²) in [6, 6.07) is 0. The highest BCUT2D eigenvalue weighted by Gasteiger charge is 2.55. The van der Waals surface area contributed by atoms with Crippen molar-refractivity contribution in [2.45, 2.75) is 310 Å². The number of esters is 4. The SMILES string of the molecule is CC(=O)OC1(C)CC(C)OC2CC(C)CCC21.CC(=O)OC1(C)CC(C2CC2)OC2CC(C)CCC21.CCC1CC(C)(OC(C)=O)C2CCC(C)CC2O1.CCCC1CC(C)(OC(C)=O)C2CCC(C)CC2O1. The van der Waals surface area contributed by atoms with Gasteiger partial charge in [-0.25, -0.2) is 0 Å². The molecule has 0 bridgehead atoms. The predicted octanol–water partition coefficient (Wildman–Crippen LogP) is 13.2. The predicted molar refractivity (Wildman–Crippen MR) is 283 cm³/mol. The van der Waals surface area contributed by atoms with Crippen LogP contribution in [0.3, 0.4) is 0 Å². The smallest absolute Gasteiger partial charge is 0.303 e. The Labute approximate surface area is 442 Å². The Morgan fingerprint density at radius 1 is 0.411 bits per heavy atom. The molecule has 4 aliphatic heterocycles. The van der Waals surface area contributed by atoms with Gasteiger partial charge in [-0.1, -0.05) is 73.6 Å². The van der Waals surface area contributed by atoms with Crippen molar-refractivity contribution < 1.29 is 57.1 Å². The van der Waals surface area contributed by atoms with E-state index in [0.717, 1.165) is 120 Å². The monoisotopic (exact) mass is 1030 g/mol. The van der Waals surface area contributed by atoms with Crippen molar-refractivity contribution in [1.82, 2.24) is 0 Å². The van der Waals surface area contributed by atoms with Gasteiger partial charge in [0.1, 0.15) is 22.4 Å². The molecule has 0 aromatic rings. The molecular weight excluding hydrogens is 925 g/mol. The second kappa shape index (κ2) is 25.5. The van der Waals surface area contributed by atoms with E-state index in [0.29, 0.717) is 41.8 Å². The van der Waals surface area contributed by atoms with Crippen LogP contribution in [0.1, 0.15) is 239 Å². The molecule has 0 radical (unpaired) electrons. The molecule has 20 unspecified atom stereocenters. The molecule has 20 atom stereocenters. The van der Waals surface area contributed by atoms with Crippen molar-refractivity contribution in [3.05, 3.63) is 0 Å². The number of ether oxygens (including phenoxy) is 8. The summed E-state index contributed by atoms with van der Waals surface area (Å²) in [5.41, 5.74) is -1.28. The average molecular weight is 1030 g/mol. The van der Waals surface area contributed by atoms with Gasteiger partial charge in [0, 0.05) is 77.0 Å². The van der Waals surface area contributed by atoms with Crippen molar-refractivity contribution in [2.24, 2.45) is 53.3 Å². The van der Waals surface area contributed by atoms with E-state index in [9.17, 15) is 19.2 Å². The van der Waals surface area contributed by atoms with Crippen LogP contribution in [0.5, 0.6) is 0 Å². The van der Waals surface area contributed by atoms with Crippen LogP contribution in [0.4, 0.5) is 0 Å². The van der Waals surface area contributed by atoms with Crippen LogP contribution >= 0.6 is 0 Å². The summed E-state index contributed by atoms with van der Waals surface area (Å²) in [5.74, 6) is 4.52. The molecule has 73 heavy (non-hydrogen) atoms. The van der Waals surface area contributed by atoms with Crippen molar-refractivity contribution >= 4 is 23.9 Å². The van der Waals surface area contributed by atoms with E-state index in [1.807, 2.05) is 0 Å². The molecule has 9 fully saturated rings. The molecule has 420 valence electrons. The van der Waals surface area contributed by atoms with Crippen LogP contribution in [-0.2, 0) is 57.1 Å². The molecule has 9 rings (SSSR count). The fourth-order valence-electron chi connectivity index (χ4n) is 15.7. The lowest BCUT2D eigenvalue weighted by atomic mass is 9.68. The maximum absolute atomic E-state index is 11.5. The highest BCUT2D eigenvalue weighted by molar-refractivity contribution is 5.67. The molecule has 0 aromatic heterocycles. The quantitative estimate of drug-likeness (QED) is 0.169. The van der Waals surface area contributed by atoms with Gasteiger partial charge >= 0.3 is 23.9 Å². The normalized spacial score (nSPS) is 44.8. The fraction of sp³-hybridized carbons (Fsp3) is 0.934. The molecule has 9 aliphatic rings. The summed E-state index contributed by atoms with van der Waals surface area (Å²) in [5, 5.41) is 0. The van der Waals surface area contributed by atoms with Gasteiger partial charge in [0.05, 0.1) is 48.8 Å². The summed E-state index contributed by atoms with van der Waals surface area (Å²) in [4.78, 5) is 45.6. The summed E-state index contributed by atoms with van der Waals surface area (Å²) >= 11 is 0. The van der Waals surface area contributed by atoms with Crippen molar-refractivity contribution in [3.8, 4) is 0 Å². The van der Waals surface area contributed by atoms with Crippen molar-refractivity contribution in [3.63, 3.8) is 0 Å². The molecule has 4 saturated heterocycles. The largest absolute Gasteiger partial charge is 0.459 e. The number of carbonyl (C=O) groups excluding carboxylic acids is 4. The first kappa shape index (κ1) is 60.0. The molecule has 4 heterocycles. The molecule has 0 N–H and O–H groups in total. The van der Waals surface area contributed by atoms with E-state index in [4.69, 9.17) is 37.9 Å². The molecule has 0 spiro atoms. The Morgan fingerprint density at radius 2 is 0.740 bits per heavy atom. The zero-order valence-electron chi connectivity index (χ0n) is 48.6. The molecule has 0 amide bonds. The molecular formula is C61H104O12. The minimum atomic E-state index is -0.325. The van der Waals surface area contributed by atoms with Gasteiger partial charge in [0.2, 0.25) is 0 Å². The van der Waals surface area contributed by atoms with Crippen LogP contribution < -0.4 is 0 Å². The number of fused-ring (bicyclic) bond motifs is 4. The zero-order valence-corrected chi connectivity index (χ0v) is 48.6. The van der Waals surface area contributed by atoms with Gasteiger partial charge in [-0.2, -0.15) is 0 Å². The molecule has 5 aliphatic carbocycles. The number of rotatable bonds is 8. The maximum atomic E-state index is 11.5. The number of carbonyl (C=O) groups is 4. The Balaban J connectivity index is 0.000000159. The van der Waals surface area contributed by atoms with Crippen LogP contribution in [0, 0.1) is 53.3 Å². The first-order valence-corrected chi connectivity index (χ1v) is 29.7. The third kappa shape index (κ3) is 15.9. The summed E-state index contributed by atoms with van der Waals surface area (Å²) in [7, 11) is 0. The topological polar surface area (TPSA) is 142 Å². The van der Waals surface area contributed by atoms with Crippen molar-refractivity contribution in [1.29, 1.82) is 0 Å². The second-order valence-electron chi connectivity index (χ2n) is 26.4. The number of hydrogen-bond donors (Lipinski definition) is 0. The lowest BCUT2D eigenvalue weighted by Gasteiger charge is -2.51. The van der Waals surface area contributed by atoms with Crippen LogP contribution in [-0.4, -0.2) is 95.1 Å². The number of hydrogen-bond acceptors (Lipinski definition) is 12. The third-order valence-corrected chi connectivity index (χ3v) is 19.1. The van der Waals surface area contributed by atoms with Gasteiger partial charge in [-0.15, -0.1) is 0 Å². The average Bonchev–Trinajstić information content (AvgIpc) is 4.11. The Kier molecular flexibility index (Phi) is 20.9. The second-order valence-corrected chi connectivity index (χ2v) is 26.4. The molecule has 12 nitrogen and oxygen atoms in total. The minimum absolute atomic E-state index is 0.142. The van der Waals surface area contributed by atoms with Crippen LogP contribution in [0.15, 0.2) is 0 Å². The van der Waals surface area contributed by atoms with Gasteiger partial charge in [0.15, 0.2) is 0 Å². The summed E-state index contributed by atoms with van der Waals surface area (Å²) in [6.07, 6.45) is 25.1. The Bertz CT molecular complexity index is 1820. The molecule has 5 saturated carbocycles. The first-order valence-electron chi connectivity index (χ1n) is 29.7. The van der Waals surface area contributed by atoms with Gasteiger partial charge in [-0.3, -0.25) is 19.2 Å². The highest BCUT2D eigenvalue weighted by atomic mass is 16.6. The van der Waals surface area contributed by atoms with Gasteiger partial charge in [0.25, 0.3) is 0 Å². The highest BCUT2D eigenvalue weighted by Crippen LogP contribution is 2.52. The lowest BCUT2D eigenvalue weighted by molar-refractivity contribution is -0.218. The van der Waals surface area contributed by atoms with Gasteiger partial charge < -0.3 is 37.9 Å². The maximum Gasteiger partial charge on any atom is 0.303 e. The van der Waals surface area contributed by atoms with E-state index >= 15 is 0 Å². The van der Waals surface area contributed by atoms with E-state index in [2.05, 4.69) is 76.2 Å². The molecule has 12 heteroatoms. The standard InChI is InChI=1S/C16H26O3.C16H28O3.C15H26O3.C14H24O3/c1-10-4-7-13-14(8-10)18-15(12-5-6-12)9-16(13,3)19-11(2)17;1-5-6-13-10-16(4,19-12(3)17)14-8-7-11(2)9-15(14)18-13;1-5-12-9-15(4,18-11(3)16)13-7-6-10(2)8-14(13)17-12;1-9-5-6-12-13(7-9)16-10(2)8-14(12,4)17-11(3)15/h10,12-15H,4-9H2,1-3H3;11,13-15H,5-10H2,1-4H3;10,12-14H,5-9H2,1-4H3;9-10,12-13H,5-8H2,1-4H3. The minimum Gasteiger partial charge on any atom is -0.459 e. The van der Waals surface area contributed by atoms with E-state index < -0.39 is 0 Å². The third-order valence-electron chi connectivity index (χ3n) is 19.1. The Hall–Kier alpha value is -2.28. The molecule has 0 aromatic carbocycles. The van der Waals surface area contributed by atoms with E-state index in [-0.39, 0.29) is 82.9 Å².